The molecule has 0 amide bonds. The van der Waals surface area contributed by atoms with E-state index in [1.165, 1.54) is 205 Å². The third-order valence-corrected chi connectivity index (χ3v) is 13.8. The van der Waals surface area contributed by atoms with Gasteiger partial charge in [0.25, 0.3) is 0 Å². The zero-order chi connectivity index (χ0) is 51.4. The molecule has 1 atom stereocenters. The topological polar surface area (TPSA) is 78.9 Å². The van der Waals surface area contributed by atoms with Crippen LogP contribution in [0.2, 0.25) is 0 Å². The van der Waals surface area contributed by atoms with Crippen LogP contribution in [0.5, 0.6) is 0 Å². The average Bonchev–Trinajstić information content (AvgIpc) is 3.37. The van der Waals surface area contributed by atoms with Crippen LogP contribution in [0, 0.1) is 0 Å². The number of rotatable bonds is 57. The molecule has 0 fully saturated rings. The number of carbonyl (C=O) groups is 3. The van der Waals surface area contributed by atoms with Crippen molar-refractivity contribution >= 4 is 17.9 Å². The van der Waals surface area contributed by atoms with E-state index in [4.69, 9.17) is 14.2 Å². The van der Waals surface area contributed by atoms with Crippen molar-refractivity contribution in [2.24, 2.45) is 0 Å². The first-order valence-electron chi connectivity index (χ1n) is 31.2. The predicted molar refractivity (Wildman–Crippen MR) is 307 cm³/mol. The van der Waals surface area contributed by atoms with Crippen molar-refractivity contribution in [2.75, 3.05) is 13.2 Å². The lowest BCUT2D eigenvalue weighted by atomic mass is 10.1. The molecule has 414 valence electrons. The van der Waals surface area contributed by atoms with E-state index < -0.39 is 6.10 Å². The lowest BCUT2D eigenvalue weighted by Gasteiger charge is -2.18. The zero-order valence-electron chi connectivity index (χ0n) is 47.5. The Bertz CT molecular complexity index is 1230. The van der Waals surface area contributed by atoms with E-state index in [2.05, 4.69) is 69.4 Å². The van der Waals surface area contributed by atoms with Crippen LogP contribution < -0.4 is 0 Å². The van der Waals surface area contributed by atoms with Gasteiger partial charge in [-0.2, -0.15) is 0 Å². The molecule has 0 N–H and O–H groups in total. The SMILES string of the molecule is CCCCCCCCC/C=C\C=C/CCCCCC(=O)OCC(COC(=O)CCCCCCCCC/C=C\CCCCCCCCCC)OC(=O)CCCCCCC/C=C\CCCCCCCCCCC. The molecule has 0 heterocycles. The van der Waals surface area contributed by atoms with Gasteiger partial charge in [-0.25, -0.2) is 0 Å². The van der Waals surface area contributed by atoms with Gasteiger partial charge in [-0.3, -0.25) is 14.4 Å². The minimum atomic E-state index is -0.790. The number of carbonyl (C=O) groups excluding carboxylic acids is 3. The highest BCUT2D eigenvalue weighted by molar-refractivity contribution is 5.71. The van der Waals surface area contributed by atoms with E-state index in [1.54, 1.807) is 0 Å². The smallest absolute Gasteiger partial charge is 0.306 e. The fourth-order valence-corrected chi connectivity index (χ4v) is 9.07. The van der Waals surface area contributed by atoms with Crippen molar-refractivity contribution in [1.82, 2.24) is 0 Å². The molecule has 0 aromatic rings. The normalized spacial score (nSPS) is 12.3. The van der Waals surface area contributed by atoms with E-state index in [-0.39, 0.29) is 31.1 Å². The van der Waals surface area contributed by atoms with Gasteiger partial charge in [-0.05, 0) is 96.3 Å². The first kappa shape index (κ1) is 68.4. The standard InChI is InChI=1S/C65H118O6/c1-4-7-10-13-16-19-22-25-28-31-33-35-37-40-43-46-49-52-55-58-64(67)70-61-62(60-69-63(66)57-54-51-48-45-42-39-36-30-27-24-21-18-15-12-9-6-3)71-65(68)59-56-53-50-47-44-41-38-34-32-29-26-23-20-17-14-11-8-5-2/h30-31,33-34,36,38-39,42,62H,4-29,32,35,37,40-41,43-61H2,1-3H3/b33-31-,36-30-,38-34-,42-39-. The molecule has 6 heteroatoms. The monoisotopic (exact) mass is 995 g/mol. The van der Waals surface area contributed by atoms with Crippen molar-refractivity contribution in [2.45, 2.75) is 335 Å². The first-order chi connectivity index (χ1) is 35.0. The third kappa shape index (κ3) is 58.1. The van der Waals surface area contributed by atoms with Gasteiger partial charge in [-0.15, -0.1) is 0 Å². The zero-order valence-corrected chi connectivity index (χ0v) is 47.5. The molecule has 0 aromatic heterocycles. The molecule has 0 spiro atoms. The Morgan fingerprint density at radius 3 is 0.803 bits per heavy atom. The van der Waals surface area contributed by atoms with Crippen LogP contribution in [0.3, 0.4) is 0 Å². The largest absolute Gasteiger partial charge is 0.462 e. The molecule has 0 aliphatic rings. The van der Waals surface area contributed by atoms with Gasteiger partial charge in [0.05, 0.1) is 0 Å². The number of unbranched alkanes of at least 4 members (excludes halogenated alkanes) is 39. The third-order valence-electron chi connectivity index (χ3n) is 13.8. The number of ether oxygens (including phenoxy) is 3. The molecule has 0 aliphatic heterocycles. The maximum Gasteiger partial charge on any atom is 0.306 e. The van der Waals surface area contributed by atoms with Crippen LogP contribution in [-0.2, 0) is 28.6 Å². The van der Waals surface area contributed by atoms with E-state index in [0.29, 0.717) is 19.3 Å². The van der Waals surface area contributed by atoms with Gasteiger partial charge in [0, 0.05) is 19.3 Å². The Labute approximate surface area is 441 Å². The number of hydrogen-bond donors (Lipinski definition) is 0. The molecule has 0 rings (SSSR count). The lowest BCUT2D eigenvalue weighted by Crippen LogP contribution is -2.30. The Morgan fingerprint density at radius 1 is 0.282 bits per heavy atom. The average molecular weight is 996 g/mol. The van der Waals surface area contributed by atoms with Crippen LogP contribution in [0.4, 0.5) is 0 Å². The van der Waals surface area contributed by atoms with Crippen LogP contribution in [0.1, 0.15) is 329 Å². The maximum absolute atomic E-state index is 12.9. The van der Waals surface area contributed by atoms with Gasteiger partial charge in [0.2, 0.25) is 0 Å². The quantitative estimate of drug-likeness (QED) is 0.0199. The Morgan fingerprint density at radius 2 is 0.507 bits per heavy atom. The highest BCUT2D eigenvalue weighted by Crippen LogP contribution is 2.16. The highest BCUT2D eigenvalue weighted by Gasteiger charge is 2.19. The summed E-state index contributed by atoms with van der Waals surface area (Å²) in [4.78, 5) is 38.3. The molecule has 0 radical (unpaired) electrons. The second-order valence-corrected chi connectivity index (χ2v) is 21.0. The number of esters is 3. The van der Waals surface area contributed by atoms with Crippen LogP contribution in [-0.4, -0.2) is 37.2 Å². The minimum absolute atomic E-state index is 0.0854. The second kappa shape index (κ2) is 59.9. The summed E-state index contributed by atoms with van der Waals surface area (Å²) in [5.74, 6) is -0.908. The molecule has 1 unspecified atom stereocenters. The van der Waals surface area contributed by atoms with Gasteiger partial charge >= 0.3 is 17.9 Å². The van der Waals surface area contributed by atoms with Gasteiger partial charge < -0.3 is 14.2 Å². The van der Waals surface area contributed by atoms with Crippen LogP contribution in [0.15, 0.2) is 48.6 Å². The highest BCUT2D eigenvalue weighted by atomic mass is 16.6. The summed E-state index contributed by atoms with van der Waals surface area (Å²) in [6.07, 6.45) is 74.0. The molecule has 71 heavy (non-hydrogen) atoms. The molecule has 0 bridgehead atoms. The fraction of sp³-hybridized carbons (Fsp3) is 0.831. The molecule has 0 saturated heterocycles. The van der Waals surface area contributed by atoms with E-state index in [9.17, 15) is 14.4 Å². The molecule has 0 aromatic carbocycles. The number of allylic oxidation sites excluding steroid dienone is 8. The Kier molecular flexibility index (Phi) is 57.7. The molecule has 0 saturated carbocycles. The van der Waals surface area contributed by atoms with Crippen molar-refractivity contribution in [3.63, 3.8) is 0 Å². The van der Waals surface area contributed by atoms with Crippen molar-refractivity contribution in [3.05, 3.63) is 48.6 Å². The minimum Gasteiger partial charge on any atom is -0.462 e. The summed E-state index contributed by atoms with van der Waals surface area (Å²) in [5.41, 5.74) is 0. The molecule has 0 aliphatic carbocycles. The van der Waals surface area contributed by atoms with E-state index in [0.717, 1.165) is 83.5 Å². The van der Waals surface area contributed by atoms with Gasteiger partial charge in [-0.1, -0.05) is 262 Å². The molecular weight excluding hydrogens is 877 g/mol. The van der Waals surface area contributed by atoms with Crippen LogP contribution >= 0.6 is 0 Å². The van der Waals surface area contributed by atoms with E-state index >= 15 is 0 Å². The van der Waals surface area contributed by atoms with Gasteiger partial charge in [0.1, 0.15) is 13.2 Å². The first-order valence-corrected chi connectivity index (χ1v) is 31.2. The Balaban J connectivity index is 4.40. The fourth-order valence-electron chi connectivity index (χ4n) is 9.07. The summed E-state index contributed by atoms with van der Waals surface area (Å²) in [6, 6.07) is 0. The summed E-state index contributed by atoms with van der Waals surface area (Å²) in [5, 5.41) is 0. The summed E-state index contributed by atoms with van der Waals surface area (Å²) >= 11 is 0. The van der Waals surface area contributed by atoms with Crippen molar-refractivity contribution in [1.29, 1.82) is 0 Å². The molecule has 6 nitrogen and oxygen atoms in total. The van der Waals surface area contributed by atoms with E-state index in [1.807, 2.05) is 0 Å². The predicted octanol–water partition coefficient (Wildman–Crippen LogP) is 21.0. The van der Waals surface area contributed by atoms with Crippen molar-refractivity contribution in [3.8, 4) is 0 Å². The maximum atomic E-state index is 12.9. The van der Waals surface area contributed by atoms with Gasteiger partial charge in [0.15, 0.2) is 6.10 Å². The summed E-state index contributed by atoms with van der Waals surface area (Å²) in [6.45, 7) is 6.64. The second-order valence-electron chi connectivity index (χ2n) is 21.0. The molecular formula is C65H118O6. The summed E-state index contributed by atoms with van der Waals surface area (Å²) < 4.78 is 16.9. The lowest BCUT2D eigenvalue weighted by molar-refractivity contribution is -0.167. The van der Waals surface area contributed by atoms with Crippen LogP contribution in [0.25, 0.3) is 0 Å². The van der Waals surface area contributed by atoms with Crippen molar-refractivity contribution < 1.29 is 28.6 Å². The Hall–Kier alpha value is -2.63. The summed E-state index contributed by atoms with van der Waals surface area (Å²) in [7, 11) is 0. The number of hydrogen-bond acceptors (Lipinski definition) is 6.